The topological polar surface area (TPSA) is 45.2 Å². The van der Waals surface area contributed by atoms with E-state index < -0.39 is 0 Å². The first-order chi connectivity index (χ1) is 9.72. The molecule has 0 radical (unpaired) electrons. The number of nitrogens with zero attached hydrogens (tertiary/aromatic N) is 2. The van der Waals surface area contributed by atoms with Crippen molar-refractivity contribution in [2.45, 2.75) is 43.8 Å². The quantitative estimate of drug-likeness (QED) is 0.853. The Morgan fingerprint density at radius 1 is 1.40 bits per heavy atom. The molecule has 0 spiro atoms. The van der Waals surface area contributed by atoms with E-state index in [1.807, 2.05) is 18.2 Å². The summed E-state index contributed by atoms with van der Waals surface area (Å²) >= 11 is 0. The van der Waals surface area contributed by atoms with Crippen LogP contribution >= 0.6 is 0 Å². The second-order valence-electron chi connectivity index (χ2n) is 5.85. The van der Waals surface area contributed by atoms with Gasteiger partial charge in [-0.2, -0.15) is 0 Å². The van der Waals surface area contributed by atoms with Crippen LogP contribution in [0.1, 0.15) is 31.2 Å². The molecule has 1 amide bonds. The van der Waals surface area contributed by atoms with Gasteiger partial charge in [-0.25, -0.2) is 0 Å². The maximum absolute atomic E-state index is 12.0. The number of amides is 1. The molecule has 3 heterocycles. The largest absolute Gasteiger partial charge is 0.350 e. The van der Waals surface area contributed by atoms with Crippen molar-refractivity contribution in [1.82, 2.24) is 15.2 Å². The van der Waals surface area contributed by atoms with Crippen LogP contribution in [0, 0.1) is 0 Å². The lowest BCUT2D eigenvalue weighted by Gasteiger charge is -2.36. The van der Waals surface area contributed by atoms with Crippen molar-refractivity contribution in [2.75, 3.05) is 7.05 Å². The molecule has 0 unspecified atom stereocenters. The van der Waals surface area contributed by atoms with Gasteiger partial charge in [0.05, 0.1) is 0 Å². The Kier molecular flexibility index (Phi) is 3.83. The highest BCUT2D eigenvalue weighted by Crippen LogP contribution is 2.34. The number of piperidine rings is 1. The van der Waals surface area contributed by atoms with E-state index in [0.29, 0.717) is 18.1 Å². The van der Waals surface area contributed by atoms with E-state index in [4.69, 9.17) is 0 Å². The van der Waals surface area contributed by atoms with Crippen LogP contribution in [0.25, 0.3) is 6.08 Å². The lowest BCUT2D eigenvalue weighted by Crippen LogP contribution is -2.48. The molecule has 2 aliphatic heterocycles. The fraction of sp³-hybridized carbons (Fsp3) is 0.500. The van der Waals surface area contributed by atoms with Gasteiger partial charge in [0.25, 0.3) is 0 Å². The second-order valence-corrected chi connectivity index (χ2v) is 5.85. The molecule has 4 nitrogen and oxygen atoms in total. The number of rotatable bonds is 3. The fourth-order valence-corrected chi connectivity index (χ4v) is 3.43. The van der Waals surface area contributed by atoms with Crippen LogP contribution in [-0.2, 0) is 4.79 Å². The number of carbonyl (C=O) groups is 1. The summed E-state index contributed by atoms with van der Waals surface area (Å²) in [4.78, 5) is 18.5. The summed E-state index contributed by atoms with van der Waals surface area (Å²) < 4.78 is 0. The van der Waals surface area contributed by atoms with Gasteiger partial charge in [-0.15, -0.1) is 0 Å². The Morgan fingerprint density at radius 3 is 2.80 bits per heavy atom. The van der Waals surface area contributed by atoms with Gasteiger partial charge in [0.2, 0.25) is 5.91 Å². The average molecular weight is 271 g/mol. The second kappa shape index (κ2) is 5.75. The molecular weight excluding hydrogens is 250 g/mol. The number of fused-ring (bicyclic) bond motifs is 2. The molecule has 2 bridgehead atoms. The average Bonchev–Trinajstić information content (AvgIpc) is 2.68. The van der Waals surface area contributed by atoms with E-state index in [9.17, 15) is 4.79 Å². The number of hydrogen-bond donors (Lipinski definition) is 1. The molecule has 0 aliphatic carbocycles. The number of hydrogen-bond acceptors (Lipinski definition) is 3. The molecule has 2 aliphatic rings. The van der Waals surface area contributed by atoms with Crippen LogP contribution in [-0.4, -0.2) is 41.0 Å². The van der Waals surface area contributed by atoms with Gasteiger partial charge in [-0.1, -0.05) is 6.07 Å². The van der Waals surface area contributed by atoms with Gasteiger partial charge >= 0.3 is 0 Å². The zero-order chi connectivity index (χ0) is 13.9. The highest BCUT2D eigenvalue weighted by molar-refractivity contribution is 5.91. The van der Waals surface area contributed by atoms with Crippen molar-refractivity contribution in [3.05, 3.63) is 36.2 Å². The van der Waals surface area contributed by atoms with Crippen molar-refractivity contribution >= 4 is 12.0 Å². The molecule has 2 fully saturated rings. The Morgan fingerprint density at radius 2 is 2.15 bits per heavy atom. The van der Waals surface area contributed by atoms with Crippen LogP contribution in [0.4, 0.5) is 0 Å². The molecule has 1 aromatic heterocycles. The Balaban J connectivity index is 1.54. The van der Waals surface area contributed by atoms with E-state index >= 15 is 0 Å². The highest BCUT2D eigenvalue weighted by Gasteiger charge is 2.38. The summed E-state index contributed by atoms with van der Waals surface area (Å²) in [7, 11) is 2.21. The molecule has 0 saturated carbocycles. The predicted octanol–water partition coefficient (Wildman–Crippen LogP) is 1.84. The van der Waals surface area contributed by atoms with Crippen molar-refractivity contribution in [1.29, 1.82) is 0 Å². The van der Waals surface area contributed by atoms with Gasteiger partial charge < -0.3 is 10.2 Å². The summed E-state index contributed by atoms with van der Waals surface area (Å²) in [6.07, 6.45) is 11.6. The summed E-state index contributed by atoms with van der Waals surface area (Å²) in [6.45, 7) is 0. The third kappa shape index (κ3) is 2.90. The van der Waals surface area contributed by atoms with E-state index in [1.54, 1.807) is 18.5 Å². The minimum Gasteiger partial charge on any atom is -0.350 e. The van der Waals surface area contributed by atoms with Crippen LogP contribution in [0.5, 0.6) is 0 Å². The lowest BCUT2D eigenvalue weighted by molar-refractivity contribution is -0.117. The number of nitrogens with one attached hydrogen (secondary N) is 1. The summed E-state index contributed by atoms with van der Waals surface area (Å²) in [5.41, 5.74) is 0.950. The summed E-state index contributed by atoms with van der Waals surface area (Å²) in [5.74, 6) is 0.00260. The molecule has 2 atom stereocenters. The maximum atomic E-state index is 12.0. The number of aromatic nitrogens is 1. The first kappa shape index (κ1) is 13.3. The van der Waals surface area contributed by atoms with Gasteiger partial charge in [0, 0.05) is 36.6 Å². The van der Waals surface area contributed by atoms with Gasteiger partial charge in [0.15, 0.2) is 0 Å². The van der Waals surface area contributed by atoms with E-state index in [0.717, 1.165) is 18.4 Å². The molecule has 1 aromatic rings. The molecular formula is C16H21N3O. The van der Waals surface area contributed by atoms with Crippen molar-refractivity contribution in [3.63, 3.8) is 0 Å². The zero-order valence-corrected chi connectivity index (χ0v) is 11.8. The smallest absolute Gasteiger partial charge is 0.244 e. The van der Waals surface area contributed by atoms with Gasteiger partial charge in [-0.05, 0) is 50.4 Å². The minimum absolute atomic E-state index is 0.00260. The van der Waals surface area contributed by atoms with Crippen LogP contribution in [0.15, 0.2) is 30.6 Å². The first-order valence-electron chi connectivity index (χ1n) is 7.33. The zero-order valence-electron chi connectivity index (χ0n) is 11.8. The van der Waals surface area contributed by atoms with Gasteiger partial charge in [0.1, 0.15) is 0 Å². The normalized spacial score (nSPS) is 29.8. The summed E-state index contributed by atoms with van der Waals surface area (Å²) in [5, 5.41) is 3.14. The first-order valence-corrected chi connectivity index (χ1v) is 7.33. The van der Waals surface area contributed by atoms with Crippen molar-refractivity contribution in [3.8, 4) is 0 Å². The van der Waals surface area contributed by atoms with Gasteiger partial charge in [-0.3, -0.25) is 9.78 Å². The standard InChI is InChI=1S/C16H21N3O/c1-19-14-5-6-15(19)10-13(9-14)18-16(20)7-4-12-3-2-8-17-11-12/h2-4,7-8,11,13-15H,5-6,9-10H2,1H3,(H,18,20)/t14-,15-/m1/s1. The highest BCUT2D eigenvalue weighted by atomic mass is 16.1. The molecule has 0 aromatic carbocycles. The number of pyridine rings is 1. The molecule has 3 rings (SSSR count). The fourth-order valence-electron chi connectivity index (χ4n) is 3.43. The third-order valence-corrected chi connectivity index (χ3v) is 4.56. The lowest BCUT2D eigenvalue weighted by atomic mass is 9.98. The summed E-state index contributed by atoms with van der Waals surface area (Å²) in [6, 6.07) is 5.44. The molecule has 1 N–H and O–H groups in total. The Hall–Kier alpha value is -1.68. The molecule has 4 heteroatoms. The van der Waals surface area contributed by atoms with E-state index in [-0.39, 0.29) is 5.91 Å². The van der Waals surface area contributed by atoms with E-state index in [2.05, 4.69) is 22.2 Å². The van der Waals surface area contributed by atoms with Crippen LogP contribution in [0.2, 0.25) is 0 Å². The predicted molar refractivity (Wildman–Crippen MR) is 79.0 cm³/mol. The van der Waals surface area contributed by atoms with E-state index in [1.165, 1.54) is 12.8 Å². The maximum Gasteiger partial charge on any atom is 0.244 e. The SMILES string of the molecule is CN1[C@@H]2CC[C@@H]1CC(NC(=O)C=Cc1cccnc1)C2. The molecule has 20 heavy (non-hydrogen) atoms. The molecule has 2 saturated heterocycles. The third-order valence-electron chi connectivity index (χ3n) is 4.56. The van der Waals surface area contributed by atoms with Crippen LogP contribution < -0.4 is 5.32 Å². The number of carbonyl (C=O) groups excluding carboxylic acids is 1. The molecule has 106 valence electrons. The van der Waals surface area contributed by atoms with Crippen LogP contribution in [0.3, 0.4) is 0 Å². The van der Waals surface area contributed by atoms with Crippen molar-refractivity contribution in [2.24, 2.45) is 0 Å². The Labute approximate surface area is 119 Å². The van der Waals surface area contributed by atoms with Crippen molar-refractivity contribution < 1.29 is 4.79 Å². The minimum atomic E-state index is 0.00260. The Bertz CT molecular complexity index is 486. The monoisotopic (exact) mass is 271 g/mol.